The van der Waals surface area contributed by atoms with Gasteiger partial charge in [-0.3, -0.25) is 9.59 Å². The maximum absolute atomic E-state index is 11.9. The molecule has 0 aromatic heterocycles. The second-order valence-electron chi connectivity index (χ2n) is 4.70. The highest BCUT2D eigenvalue weighted by atomic mass is 32.2. The van der Waals surface area contributed by atoms with Crippen LogP contribution in [0.25, 0.3) is 0 Å². The molecule has 0 aromatic carbocycles. The molecule has 0 saturated carbocycles. The first-order chi connectivity index (χ1) is 8.16. The van der Waals surface area contributed by atoms with Crippen LogP contribution in [0.2, 0.25) is 0 Å². The van der Waals surface area contributed by atoms with E-state index in [9.17, 15) is 9.59 Å². The Balaban J connectivity index is 1.79. The van der Waals surface area contributed by atoms with Gasteiger partial charge < -0.3 is 16.0 Å². The summed E-state index contributed by atoms with van der Waals surface area (Å²) in [6.07, 6.45) is 2.32. The normalized spacial score (nSPS) is 30.8. The van der Waals surface area contributed by atoms with Crippen molar-refractivity contribution in [1.29, 1.82) is 0 Å². The second kappa shape index (κ2) is 5.73. The van der Waals surface area contributed by atoms with Crippen LogP contribution in [0.5, 0.6) is 0 Å². The molecule has 96 valence electrons. The molecule has 2 amide bonds. The Kier molecular flexibility index (Phi) is 4.28. The molecule has 2 rings (SSSR count). The fraction of sp³-hybridized carbons (Fsp3) is 0.818. The lowest BCUT2D eigenvalue weighted by atomic mass is 9.92. The summed E-state index contributed by atoms with van der Waals surface area (Å²) in [4.78, 5) is 22.9. The maximum Gasteiger partial charge on any atom is 0.279 e. The first-order valence-corrected chi connectivity index (χ1v) is 7.10. The van der Waals surface area contributed by atoms with Crippen LogP contribution in [-0.4, -0.2) is 42.1 Å². The van der Waals surface area contributed by atoms with E-state index >= 15 is 0 Å². The molecular formula is C11H19N3O2S. The van der Waals surface area contributed by atoms with Gasteiger partial charge in [-0.25, -0.2) is 0 Å². The lowest BCUT2D eigenvalue weighted by Crippen LogP contribution is -2.50. The largest absolute Gasteiger partial charge is 0.352 e. The molecule has 2 saturated heterocycles. The third-order valence-electron chi connectivity index (χ3n) is 3.40. The smallest absolute Gasteiger partial charge is 0.279 e. The summed E-state index contributed by atoms with van der Waals surface area (Å²) in [6, 6.07) is -0.190. The van der Waals surface area contributed by atoms with Gasteiger partial charge in [-0.1, -0.05) is 11.8 Å². The van der Waals surface area contributed by atoms with Crippen LogP contribution in [0.1, 0.15) is 19.8 Å². The van der Waals surface area contributed by atoms with E-state index in [-0.39, 0.29) is 23.2 Å². The van der Waals surface area contributed by atoms with Crippen LogP contribution in [0.3, 0.4) is 0 Å². The summed E-state index contributed by atoms with van der Waals surface area (Å²) in [6.45, 7) is 4.08. The zero-order valence-corrected chi connectivity index (χ0v) is 10.8. The lowest BCUT2D eigenvalue weighted by molar-refractivity contribution is -0.123. The van der Waals surface area contributed by atoms with Crippen LogP contribution in [0.4, 0.5) is 4.79 Å². The van der Waals surface area contributed by atoms with E-state index < -0.39 is 0 Å². The quantitative estimate of drug-likeness (QED) is 0.681. The molecule has 6 heteroatoms. The molecule has 0 aliphatic carbocycles. The fourth-order valence-corrected chi connectivity index (χ4v) is 3.05. The maximum atomic E-state index is 11.9. The summed E-state index contributed by atoms with van der Waals surface area (Å²) in [5, 5.41) is 8.90. The van der Waals surface area contributed by atoms with E-state index in [0.29, 0.717) is 11.7 Å². The van der Waals surface area contributed by atoms with Crippen molar-refractivity contribution in [2.75, 3.05) is 18.8 Å². The summed E-state index contributed by atoms with van der Waals surface area (Å²) in [5.74, 6) is 0.985. The Hall–Kier alpha value is -0.750. The summed E-state index contributed by atoms with van der Waals surface area (Å²) in [5.41, 5.74) is 0. The molecule has 2 aliphatic rings. The lowest BCUT2D eigenvalue weighted by Gasteiger charge is -2.29. The van der Waals surface area contributed by atoms with Gasteiger partial charge in [-0.15, -0.1) is 0 Å². The standard InChI is InChI=1S/C11H19N3O2S/c1-7(8-3-2-4-12-5-8)13-10(15)9-6-17-11(16)14-9/h7-9,12H,2-6H2,1H3,(H,13,15)(H,14,16). The highest BCUT2D eigenvalue weighted by Gasteiger charge is 2.30. The molecule has 5 nitrogen and oxygen atoms in total. The summed E-state index contributed by atoms with van der Waals surface area (Å²) >= 11 is 1.17. The predicted molar refractivity (Wildman–Crippen MR) is 68.0 cm³/mol. The van der Waals surface area contributed by atoms with E-state index in [0.717, 1.165) is 19.5 Å². The Labute approximate surface area is 105 Å². The van der Waals surface area contributed by atoms with Gasteiger partial charge in [0, 0.05) is 11.8 Å². The van der Waals surface area contributed by atoms with Gasteiger partial charge in [0.2, 0.25) is 5.91 Å². The minimum atomic E-state index is -0.355. The van der Waals surface area contributed by atoms with E-state index in [1.54, 1.807) is 0 Å². The van der Waals surface area contributed by atoms with Gasteiger partial charge in [0.05, 0.1) is 0 Å². The van der Waals surface area contributed by atoms with Crippen molar-refractivity contribution in [2.45, 2.75) is 31.8 Å². The molecule has 2 heterocycles. The molecule has 0 spiro atoms. The van der Waals surface area contributed by atoms with Gasteiger partial charge in [0.1, 0.15) is 6.04 Å². The number of thioether (sulfide) groups is 1. The molecule has 3 unspecified atom stereocenters. The van der Waals surface area contributed by atoms with Crippen molar-refractivity contribution >= 4 is 22.9 Å². The van der Waals surface area contributed by atoms with Gasteiger partial charge >= 0.3 is 0 Å². The number of rotatable bonds is 3. The monoisotopic (exact) mass is 257 g/mol. The number of carbonyl (C=O) groups excluding carboxylic acids is 2. The molecule has 17 heavy (non-hydrogen) atoms. The minimum absolute atomic E-state index is 0.0542. The van der Waals surface area contributed by atoms with Crippen LogP contribution >= 0.6 is 11.8 Å². The average Bonchev–Trinajstić information content (AvgIpc) is 2.77. The van der Waals surface area contributed by atoms with Crippen LogP contribution in [-0.2, 0) is 4.79 Å². The van der Waals surface area contributed by atoms with Crippen LogP contribution in [0.15, 0.2) is 0 Å². The molecular weight excluding hydrogens is 238 g/mol. The number of hydrogen-bond acceptors (Lipinski definition) is 4. The van der Waals surface area contributed by atoms with Gasteiger partial charge in [-0.05, 0) is 38.8 Å². The van der Waals surface area contributed by atoms with Gasteiger partial charge in [-0.2, -0.15) is 0 Å². The van der Waals surface area contributed by atoms with E-state index in [2.05, 4.69) is 16.0 Å². The molecule has 2 aliphatic heterocycles. The number of hydrogen-bond donors (Lipinski definition) is 3. The number of amides is 2. The Morgan fingerprint density at radius 1 is 1.59 bits per heavy atom. The zero-order valence-electron chi connectivity index (χ0n) is 9.99. The predicted octanol–water partition coefficient (Wildman–Crippen LogP) is 0.316. The third-order valence-corrected chi connectivity index (χ3v) is 4.28. The van der Waals surface area contributed by atoms with E-state index in [1.807, 2.05) is 6.92 Å². The molecule has 3 N–H and O–H groups in total. The van der Waals surface area contributed by atoms with Crippen LogP contribution < -0.4 is 16.0 Å². The molecule has 0 radical (unpaired) electrons. The van der Waals surface area contributed by atoms with Gasteiger partial charge in [0.25, 0.3) is 5.24 Å². The molecule has 0 aromatic rings. The van der Waals surface area contributed by atoms with Crippen molar-refractivity contribution in [2.24, 2.45) is 5.92 Å². The Morgan fingerprint density at radius 2 is 2.41 bits per heavy atom. The topological polar surface area (TPSA) is 70.2 Å². The summed E-state index contributed by atoms with van der Waals surface area (Å²) < 4.78 is 0. The Morgan fingerprint density at radius 3 is 3.00 bits per heavy atom. The number of piperidine rings is 1. The average molecular weight is 257 g/mol. The Bertz CT molecular complexity index is 305. The number of nitrogens with one attached hydrogen (secondary N) is 3. The molecule has 0 bridgehead atoms. The zero-order chi connectivity index (χ0) is 12.3. The third kappa shape index (κ3) is 3.35. The molecule has 3 atom stereocenters. The highest BCUT2D eigenvalue weighted by molar-refractivity contribution is 8.14. The van der Waals surface area contributed by atoms with E-state index in [1.165, 1.54) is 18.2 Å². The van der Waals surface area contributed by atoms with Crippen LogP contribution in [0, 0.1) is 5.92 Å². The first-order valence-electron chi connectivity index (χ1n) is 6.11. The fourth-order valence-electron chi connectivity index (χ4n) is 2.27. The first kappa shape index (κ1) is 12.7. The van der Waals surface area contributed by atoms with Crippen molar-refractivity contribution in [1.82, 2.24) is 16.0 Å². The summed E-state index contributed by atoms with van der Waals surface area (Å²) in [7, 11) is 0. The highest BCUT2D eigenvalue weighted by Crippen LogP contribution is 2.16. The van der Waals surface area contributed by atoms with Crippen molar-refractivity contribution in [3.8, 4) is 0 Å². The minimum Gasteiger partial charge on any atom is -0.352 e. The number of carbonyl (C=O) groups is 2. The van der Waals surface area contributed by atoms with Crippen molar-refractivity contribution in [3.63, 3.8) is 0 Å². The van der Waals surface area contributed by atoms with Crippen molar-refractivity contribution in [3.05, 3.63) is 0 Å². The van der Waals surface area contributed by atoms with Gasteiger partial charge in [0.15, 0.2) is 0 Å². The molecule has 2 fully saturated rings. The van der Waals surface area contributed by atoms with E-state index in [4.69, 9.17) is 0 Å². The SMILES string of the molecule is CC(NC(=O)C1CSC(=O)N1)C1CCCNC1. The second-order valence-corrected chi connectivity index (χ2v) is 5.69. The van der Waals surface area contributed by atoms with Crippen molar-refractivity contribution < 1.29 is 9.59 Å².